The number of hydrogen-bond acceptors (Lipinski definition) is 4. The van der Waals surface area contributed by atoms with Crippen LogP contribution in [0.4, 0.5) is 5.69 Å². The highest BCUT2D eigenvalue weighted by Gasteiger charge is 2.23. The van der Waals surface area contributed by atoms with Crippen molar-refractivity contribution in [2.45, 2.75) is 38.9 Å². The number of nitrogens with one attached hydrogen (secondary N) is 1. The van der Waals surface area contributed by atoms with E-state index >= 15 is 0 Å². The Kier molecular flexibility index (Phi) is 7.40. The molecule has 25 heavy (non-hydrogen) atoms. The molecule has 1 aliphatic rings. The van der Waals surface area contributed by atoms with Gasteiger partial charge in [0, 0.05) is 23.8 Å². The summed E-state index contributed by atoms with van der Waals surface area (Å²) in [5.41, 5.74) is 1.68. The first kappa shape index (κ1) is 19.9. The maximum atomic E-state index is 12.3. The van der Waals surface area contributed by atoms with Crippen molar-refractivity contribution in [3.8, 4) is 0 Å². The van der Waals surface area contributed by atoms with Crippen LogP contribution in [0.1, 0.15) is 25.3 Å². The Morgan fingerprint density at radius 3 is 2.88 bits per heavy atom. The molecule has 0 spiro atoms. The second kappa shape index (κ2) is 9.31. The van der Waals surface area contributed by atoms with Crippen molar-refractivity contribution in [1.29, 1.82) is 0 Å². The second-order valence-electron chi connectivity index (χ2n) is 6.31. The van der Waals surface area contributed by atoms with E-state index in [1.165, 1.54) is 4.90 Å². The average molecular weight is 413 g/mol. The highest BCUT2D eigenvalue weighted by Crippen LogP contribution is 2.20. The van der Waals surface area contributed by atoms with Crippen LogP contribution in [0.2, 0.25) is 0 Å². The van der Waals surface area contributed by atoms with Crippen molar-refractivity contribution < 1.29 is 19.1 Å². The first-order valence-corrected chi connectivity index (χ1v) is 9.20. The van der Waals surface area contributed by atoms with Gasteiger partial charge in [-0.15, -0.1) is 0 Å². The summed E-state index contributed by atoms with van der Waals surface area (Å²) in [6.07, 6.45) is 1.47. The normalized spacial score (nSPS) is 18.0. The molecule has 1 aromatic rings. The van der Waals surface area contributed by atoms with Crippen molar-refractivity contribution in [2.24, 2.45) is 0 Å². The van der Waals surface area contributed by atoms with Gasteiger partial charge in [-0.1, -0.05) is 15.9 Å². The molecule has 2 rings (SSSR count). The van der Waals surface area contributed by atoms with E-state index in [0.717, 1.165) is 35.2 Å². The minimum atomic E-state index is -0.601. The standard InChI is InChI=1S/C18H25BrN2O4/c1-12-9-14(19)6-7-16(12)20-17(22)10-21(3)18(23)13(2)25-11-15-5-4-8-24-15/h6-7,9,13,15H,4-5,8,10-11H2,1-3H3,(H,20,22). The lowest BCUT2D eigenvalue weighted by Crippen LogP contribution is -2.41. The van der Waals surface area contributed by atoms with Crippen molar-refractivity contribution in [3.05, 3.63) is 28.2 Å². The molecule has 2 unspecified atom stereocenters. The number of aryl methyl sites for hydroxylation is 1. The van der Waals surface area contributed by atoms with Crippen LogP contribution in [0, 0.1) is 6.92 Å². The predicted octanol–water partition coefficient (Wildman–Crippen LogP) is 2.74. The number of benzene rings is 1. The Hall–Kier alpha value is -1.44. The monoisotopic (exact) mass is 412 g/mol. The number of halogens is 1. The molecular weight excluding hydrogens is 388 g/mol. The molecule has 0 saturated carbocycles. The van der Waals surface area contributed by atoms with Crippen molar-refractivity contribution in [3.63, 3.8) is 0 Å². The summed E-state index contributed by atoms with van der Waals surface area (Å²) in [5.74, 6) is -0.465. The van der Waals surface area contributed by atoms with Crippen LogP contribution in [-0.2, 0) is 19.1 Å². The molecule has 0 bridgehead atoms. The number of likely N-dealkylation sites (N-methyl/N-ethyl adjacent to an activating group) is 1. The molecule has 1 aliphatic heterocycles. The van der Waals surface area contributed by atoms with Gasteiger partial charge in [0.1, 0.15) is 6.10 Å². The van der Waals surface area contributed by atoms with Gasteiger partial charge in [0.15, 0.2) is 0 Å². The third kappa shape index (κ3) is 6.09. The predicted molar refractivity (Wildman–Crippen MR) is 99.5 cm³/mol. The zero-order chi connectivity index (χ0) is 18.4. The highest BCUT2D eigenvalue weighted by molar-refractivity contribution is 9.10. The zero-order valence-corrected chi connectivity index (χ0v) is 16.5. The fourth-order valence-electron chi connectivity index (χ4n) is 2.66. The molecule has 1 N–H and O–H groups in total. The maximum Gasteiger partial charge on any atom is 0.251 e. The average Bonchev–Trinajstić information content (AvgIpc) is 3.08. The first-order chi connectivity index (χ1) is 11.9. The number of ether oxygens (including phenoxy) is 2. The molecule has 7 heteroatoms. The van der Waals surface area contributed by atoms with Gasteiger partial charge >= 0.3 is 0 Å². The highest BCUT2D eigenvalue weighted by atomic mass is 79.9. The number of amides is 2. The molecule has 1 fully saturated rings. The minimum absolute atomic E-state index is 0.0258. The van der Waals surface area contributed by atoms with E-state index in [9.17, 15) is 9.59 Å². The number of hydrogen-bond donors (Lipinski definition) is 1. The van der Waals surface area contributed by atoms with Crippen LogP contribution in [0.3, 0.4) is 0 Å². The van der Waals surface area contributed by atoms with Crippen LogP contribution in [-0.4, -0.2) is 55.7 Å². The van der Waals surface area contributed by atoms with Gasteiger partial charge < -0.3 is 19.7 Å². The zero-order valence-electron chi connectivity index (χ0n) is 14.9. The SMILES string of the molecule is Cc1cc(Br)ccc1NC(=O)CN(C)C(=O)C(C)OCC1CCCO1. The van der Waals surface area contributed by atoms with Crippen molar-refractivity contribution in [1.82, 2.24) is 4.90 Å². The van der Waals surface area contributed by atoms with Gasteiger partial charge in [0.2, 0.25) is 5.91 Å². The number of carbonyl (C=O) groups excluding carboxylic acids is 2. The molecular formula is C18H25BrN2O4. The summed E-state index contributed by atoms with van der Waals surface area (Å²) in [6, 6.07) is 5.61. The van der Waals surface area contributed by atoms with Gasteiger partial charge in [-0.3, -0.25) is 9.59 Å². The summed E-state index contributed by atoms with van der Waals surface area (Å²) in [6.45, 7) is 4.75. The van der Waals surface area contributed by atoms with Crippen LogP contribution >= 0.6 is 15.9 Å². The smallest absolute Gasteiger partial charge is 0.251 e. The van der Waals surface area contributed by atoms with E-state index in [2.05, 4.69) is 21.2 Å². The molecule has 0 aromatic heterocycles. The van der Waals surface area contributed by atoms with Crippen LogP contribution in [0.5, 0.6) is 0 Å². The number of nitrogens with zero attached hydrogens (tertiary/aromatic N) is 1. The van der Waals surface area contributed by atoms with Gasteiger partial charge in [-0.2, -0.15) is 0 Å². The lowest BCUT2D eigenvalue weighted by molar-refractivity contribution is -0.145. The lowest BCUT2D eigenvalue weighted by atomic mass is 10.2. The minimum Gasteiger partial charge on any atom is -0.376 e. The van der Waals surface area contributed by atoms with E-state index in [4.69, 9.17) is 9.47 Å². The molecule has 2 amide bonds. The third-order valence-corrected chi connectivity index (χ3v) is 4.62. The van der Waals surface area contributed by atoms with E-state index < -0.39 is 6.10 Å². The molecule has 1 saturated heterocycles. The summed E-state index contributed by atoms with van der Waals surface area (Å²) in [4.78, 5) is 25.9. The van der Waals surface area contributed by atoms with Gasteiger partial charge in [-0.25, -0.2) is 0 Å². The lowest BCUT2D eigenvalue weighted by Gasteiger charge is -2.22. The Morgan fingerprint density at radius 2 is 2.24 bits per heavy atom. The molecule has 1 heterocycles. The van der Waals surface area contributed by atoms with Crippen molar-refractivity contribution >= 4 is 33.4 Å². The third-order valence-electron chi connectivity index (χ3n) is 4.12. The molecule has 138 valence electrons. The molecule has 1 aromatic carbocycles. The van der Waals surface area contributed by atoms with Gasteiger partial charge in [0.25, 0.3) is 5.91 Å². The fourth-order valence-corrected chi connectivity index (χ4v) is 3.14. The van der Waals surface area contributed by atoms with Crippen LogP contribution < -0.4 is 5.32 Å². The summed E-state index contributed by atoms with van der Waals surface area (Å²) in [7, 11) is 1.60. The van der Waals surface area contributed by atoms with E-state index in [0.29, 0.717) is 6.61 Å². The first-order valence-electron chi connectivity index (χ1n) is 8.41. The van der Waals surface area contributed by atoms with Crippen LogP contribution in [0.25, 0.3) is 0 Å². The Labute approximate surface area is 157 Å². The number of rotatable bonds is 7. The van der Waals surface area contributed by atoms with E-state index in [1.807, 2.05) is 25.1 Å². The Morgan fingerprint density at radius 1 is 1.48 bits per heavy atom. The largest absolute Gasteiger partial charge is 0.376 e. The summed E-state index contributed by atoms with van der Waals surface area (Å²) in [5, 5.41) is 2.82. The van der Waals surface area contributed by atoms with Gasteiger partial charge in [-0.05, 0) is 50.5 Å². The van der Waals surface area contributed by atoms with Crippen LogP contribution in [0.15, 0.2) is 22.7 Å². The molecule has 0 aliphatic carbocycles. The number of carbonyl (C=O) groups is 2. The summed E-state index contributed by atoms with van der Waals surface area (Å²) >= 11 is 3.39. The molecule has 6 nitrogen and oxygen atoms in total. The number of anilines is 1. The topological polar surface area (TPSA) is 67.9 Å². The van der Waals surface area contributed by atoms with E-state index in [1.54, 1.807) is 14.0 Å². The molecule has 0 radical (unpaired) electrons. The quantitative estimate of drug-likeness (QED) is 0.747. The maximum absolute atomic E-state index is 12.3. The summed E-state index contributed by atoms with van der Waals surface area (Å²) < 4.78 is 12.0. The second-order valence-corrected chi connectivity index (χ2v) is 7.23. The molecule has 2 atom stereocenters. The van der Waals surface area contributed by atoms with Gasteiger partial charge in [0.05, 0.1) is 19.3 Å². The van der Waals surface area contributed by atoms with Crippen molar-refractivity contribution in [2.75, 3.05) is 32.1 Å². The van der Waals surface area contributed by atoms with E-state index in [-0.39, 0.29) is 24.5 Å². The fraction of sp³-hybridized carbons (Fsp3) is 0.556. The Balaban J connectivity index is 1.79. The Bertz CT molecular complexity index is 617.